The maximum absolute atomic E-state index is 14.3. The van der Waals surface area contributed by atoms with E-state index < -0.39 is 35.6 Å². The summed E-state index contributed by atoms with van der Waals surface area (Å²) >= 11 is 0. The first-order valence-electron chi connectivity index (χ1n) is 14.9. The number of ether oxygens (including phenoxy) is 2. The molecular weight excluding hydrogens is 522 g/mol. The van der Waals surface area contributed by atoms with Gasteiger partial charge in [0.1, 0.15) is 17.4 Å². The SMILES string of the molecule is C=CCN(CCCCC)C(=O)C1N([C@H](C)CO)C(=O)[C@@H]2[C@@H](C(=O)N(CC=C)c3ccc(OCC)cc3)[C@H]3CCC12O3. The van der Waals surface area contributed by atoms with Gasteiger partial charge in [0, 0.05) is 25.3 Å². The molecule has 1 N–H and O–H groups in total. The van der Waals surface area contributed by atoms with Crippen molar-refractivity contribution in [1.82, 2.24) is 9.80 Å². The normalized spacial score (nSPS) is 26.9. The highest BCUT2D eigenvalue weighted by Gasteiger charge is 2.75. The molecule has 0 saturated carbocycles. The van der Waals surface area contributed by atoms with Crippen LogP contribution in [0.15, 0.2) is 49.6 Å². The monoisotopic (exact) mass is 567 g/mol. The van der Waals surface area contributed by atoms with Crippen molar-refractivity contribution in [3.8, 4) is 5.75 Å². The number of unbranched alkanes of at least 4 members (excludes halogenated alkanes) is 2. The first-order valence-corrected chi connectivity index (χ1v) is 14.9. The predicted molar refractivity (Wildman–Crippen MR) is 157 cm³/mol. The second kappa shape index (κ2) is 13.2. The van der Waals surface area contributed by atoms with Crippen LogP contribution in [0.2, 0.25) is 0 Å². The van der Waals surface area contributed by atoms with Crippen molar-refractivity contribution in [2.24, 2.45) is 11.8 Å². The molecular formula is C32H45N3O6. The molecule has 2 bridgehead atoms. The summed E-state index contributed by atoms with van der Waals surface area (Å²) in [5, 5.41) is 10.1. The Kier molecular flexibility index (Phi) is 9.92. The highest BCUT2D eigenvalue weighted by Crippen LogP contribution is 2.59. The van der Waals surface area contributed by atoms with Gasteiger partial charge in [-0.2, -0.15) is 0 Å². The zero-order chi connectivity index (χ0) is 29.7. The maximum atomic E-state index is 14.3. The fraction of sp³-hybridized carbons (Fsp3) is 0.594. The fourth-order valence-corrected chi connectivity index (χ4v) is 6.91. The Morgan fingerprint density at radius 3 is 2.49 bits per heavy atom. The van der Waals surface area contributed by atoms with E-state index in [0.717, 1.165) is 19.3 Å². The van der Waals surface area contributed by atoms with E-state index >= 15 is 0 Å². The topological polar surface area (TPSA) is 99.6 Å². The average molecular weight is 568 g/mol. The lowest BCUT2D eigenvalue weighted by atomic mass is 9.70. The highest BCUT2D eigenvalue weighted by molar-refractivity contribution is 6.03. The van der Waals surface area contributed by atoms with Gasteiger partial charge in [0.15, 0.2) is 0 Å². The molecule has 0 aromatic heterocycles. The van der Waals surface area contributed by atoms with E-state index in [4.69, 9.17) is 9.47 Å². The molecule has 1 aromatic rings. The van der Waals surface area contributed by atoms with E-state index in [2.05, 4.69) is 20.1 Å². The zero-order valence-corrected chi connectivity index (χ0v) is 24.7. The number of nitrogens with zero attached hydrogens (tertiary/aromatic N) is 3. The van der Waals surface area contributed by atoms with Gasteiger partial charge in [-0.05, 0) is 57.4 Å². The van der Waals surface area contributed by atoms with Gasteiger partial charge in [-0.1, -0.05) is 31.9 Å². The van der Waals surface area contributed by atoms with Gasteiger partial charge in [0.05, 0.1) is 37.2 Å². The lowest BCUT2D eigenvalue weighted by Crippen LogP contribution is -2.58. The molecule has 4 rings (SSSR count). The number of rotatable bonds is 15. The molecule has 0 radical (unpaired) electrons. The number of hydrogen-bond donors (Lipinski definition) is 1. The van der Waals surface area contributed by atoms with Gasteiger partial charge in [-0.3, -0.25) is 14.4 Å². The molecule has 3 amide bonds. The number of benzene rings is 1. The third-order valence-corrected chi connectivity index (χ3v) is 8.73. The second-order valence-electron chi connectivity index (χ2n) is 11.3. The summed E-state index contributed by atoms with van der Waals surface area (Å²) in [7, 11) is 0. The summed E-state index contributed by atoms with van der Waals surface area (Å²) in [4.78, 5) is 47.6. The van der Waals surface area contributed by atoms with Gasteiger partial charge in [-0.25, -0.2) is 0 Å². The highest BCUT2D eigenvalue weighted by atomic mass is 16.5. The number of carbonyl (C=O) groups is 3. The number of aliphatic hydroxyl groups is 1. The van der Waals surface area contributed by atoms with Crippen molar-refractivity contribution in [1.29, 1.82) is 0 Å². The standard InChI is InChI=1S/C32H45N3O6/c1-6-10-11-20-33(18-7-2)31(39)28-32-17-16-25(41-32)26(27(32)30(38)35(28)22(5)21-36)29(37)34(19-8-3)23-12-14-24(15-13-23)40-9-4/h7-8,12-15,22,25-28,36H,2-3,6,9-11,16-21H2,1,4-5H3/t22-,25-,26+,27+,28?,32?/m1/s1. The van der Waals surface area contributed by atoms with Crippen LogP contribution < -0.4 is 9.64 Å². The number of likely N-dealkylation sites (tertiary alicyclic amines) is 1. The Bertz CT molecular complexity index is 1120. The van der Waals surface area contributed by atoms with Crippen LogP contribution in [0.4, 0.5) is 5.69 Å². The number of carbonyl (C=O) groups excluding carboxylic acids is 3. The van der Waals surface area contributed by atoms with E-state index in [-0.39, 0.29) is 30.9 Å². The summed E-state index contributed by atoms with van der Waals surface area (Å²) in [6.07, 6.45) is 6.80. The maximum Gasteiger partial charge on any atom is 0.248 e. The Morgan fingerprint density at radius 2 is 1.88 bits per heavy atom. The van der Waals surface area contributed by atoms with Crippen LogP contribution in [0.1, 0.15) is 52.9 Å². The molecule has 9 nitrogen and oxygen atoms in total. The summed E-state index contributed by atoms with van der Waals surface area (Å²) in [5.41, 5.74) is -0.451. The molecule has 41 heavy (non-hydrogen) atoms. The smallest absolute Gasteiger partial charge is 0.248 e. The van der Waals surface area contributed by atoms with Gasteiger partial charge in [0.25, 0.3) is 0 Å². The van der Waals surface area contributed by atoms with Crippen LogP contribution in [0.3, 0.4) is 0 Å². The van der Waals surface area contributed by atoms with E-state index in [1.54, 1.807) is 28.9 Å². The summed E-state index contributed by atoms with van der Waals surface area (Å²) in [6.45, 7) is 14.8. The van der Waals surface area contributed by atoms with Gasteiger partial charge in [-0.15, -0.1) is 13.2 Å². The van der Waals surface area contributed by atoms with Crippen LogP contribution in [0, 0.1) is 11.8 Å². The molecule has 0 aliphatic carbocycles. The molecule has 1 spiro atoms. The number of anilines is 1. The van der Waals surface area contributed by atoms with E-state index in [9.17, 15) is 19.5 Å². The van der Waals surface area contributed by atoms with Crippen LogP contribution in [-0.2, 0) is 19.1 Å². The Hall–Kier alpha value is -3.17. The van der Waals surface area contributed by atoms with Crippen molar-refractivity contribution in [2.75, 3.05) is 37.7 Å². The van der Waals surface area contributed by atoms with Crippen LogP contribution in [-0.4, -0.2) is 89.3 Å². The minimum atomic E-state index is -1.12. The molecule has 3 heterocycles. The van der Waals surface area contributed by atoms with E-state index in [1.807, 2.05) is 31.2 Å². The molecule has 3 aliphatic heterocycles. The van der Waals surface area contributed by atoms with Crippen molar-refractivity contribution in [3.63, 3.8) is 0 Å². The summed E-state index contributed by atoms with van der Waals surface area (Å²) < 4.78 is 12.2. The van der Waals surface area contributed by atoms with Gasteiger partial charge >= 0.3 is 0 Å². The first-order chi connectivity index (χ1) is 19.8. The number of fused-ring (bicyclic) bond motifs is 1. The molecule has 3 saturated heterocycles. The number of aliphatic hydroxyl groups excluding tert-OH is 1. The zero-order valence-electron chi connectivity index (χ0n) is 24.7. The minimum absolute atomic E-state index is 0.208. The predicted octanol–water partition coefficient (Wildman–Crippen LogP) is 3.56. The first kappa shape index (κ1) is 30.8. The van der Waals surface area contributed by atoms with E-state index in [1.165, 1.54) is 4.90 Å². The lowest BCUT2D eigenvalue weighted by Gasteiger charge is -2.38. The van der Waals surface area contributed by atoms with E-state index in [0.29, 0.717) is 44.0 Å². The Balaban J connectivity index is 1.70. The van der Waals surface area contributed by atoms with Crippen LogP contribution >= 0.6 is 0 Å². The molecule has 3 fully saturated rings. The molecule has 9 heteroatoms. The average Bonchev–Trinajstić information content (AvgIpc) is 3.62. The third-order valence-electron chi connectivity index (χ3n) is 8.73. The lowest BCUT2D eigenvalue weighted by molar-refractivity contribution is -0.150. The van der Waals surface area contributed by atoms with Crippen molar-refractivity contribution in [3.05, 3.63) is 49.6 Å². The molecule has 2 unspecified atom stereocenters. The fourth-order valence-electron chi connectivity index (χ4n) is 6.91. The minimum Gasteiger partial charge on any atom is -0.494 e. The van der Waals surface area contributed by atoms with Crippen molar-refractivity contribution >= 4 is 23.4 Å². The number of hydrogen-bond acceptors (Lipinski definition) is 6. The molecule has 1 aromatic carbocycles. The van der Waals surface area contributed by atoms with Crippen molar-refractivity contribution < 1.29 is 29.0 Å². The largest absolute Gasteiger partial charge is 0.494 e. The molecule has 3 aliphatic rings. The molecule has 224 valence electrons. The van der Waals surface area contributed by atoms with Gasteiger partial charge in [0.2, 0.25) is 17.7 Å². The Labute approximate surface area is 243 Å². The van der Waals surface area contributed by atoms with Crippen LogP contribution in [0.25, 0.3) is 0 Å². The Morgan fingerprint density at radius 1 is 1.17 bits per heavy atom. The number of amides is 3. The third kappa shape index (κ3) is 5.54. The van der Waals surface area contributed by atoms with Crippen molar-refractivity contribution in [2.45, 2.75) is 76.7 Å². The molecule has 6 atom stereocenters. The van der Waals surface area contributed by atoms with Crippen LogP contribution in [0.5, 0.6) is 5.75 Å². The quantitative estimate of drug-likeness (QED) is 0.257. The summed E-state index contributed by atoms with van der Waals surface area (Å²) in [5.74, 6) is -1.60. The summed E-state index contributed by atoms with van der Waals surface area (Å²) in [6, 6.07) is 5.75. The van der Waals surface area contributed by atoms with Gasteiger partial charge < -0.3 is 29.3 Å². The second-order valence-corrected chi connectivity index (χ2v) is 11.3.